The SMILES string of the molecule is Cc1cccc(-c2ccccc2Nc2cccc3cc4ccccc4cc23)c1. The van der Waals surface area contributed by atoms with Crippen LogP contribution in [0.4, 0.5) is 11.4 Å². The number of hydrogen-bond donors (Lipinski definition) is 1. The molecule has 0 aliphatic carbocycles. The number of rotatable bonds is 3. The molecule has 5 rings (SSSR count). The molecule has 0 amide bonds. The molecule has 0 atom stereocenters. The van der Waals surface area contributed by atoms with Gasteiger partial charge in [0, 0.05) is 22.3 Å². The van der Waals surface area contributed by atoms with Crippen molar-refractivity contribution in [3.8, 4) is 11.1 Å². The van der Waals surface area contributed by atoms with Gasteiger partial charge in [0.05, 0.1) is 0 Å². The Morgan fingerprint density at radius 2 is 1.21 bits per heavy atom. The van der Waals surface area contributed by atoms with E-state index in [9.17, 15) is 0 Å². The monoisotopic (exact) mass is 359 g/mol. The Morgan fingerprint density at radius 1 is 0.536 bits per heavy atom. The number of fused-ring (bicyclic) bond motifs is 2. The van der Waals surface area contributed by atoms with E-state index < -0.39 is 0 Å². The first kappa shape index (κ1) is 16.6. The third-order valence-electron chi connectivity index (χ3n) is 5.27. The average molecular weight is 359 g/mol. The second kappa shape index (κ2) is 6.86. The van der Waals surface area contributed by atoms with Gasteiger partial charge in [-0.05, 0) is 52.9 Å². The lowest BCUT2D eigenvalue weighted by Gasteiger charge is -2.15. The van der Waals surface area contributed by atoms with Crippen molar-refractivity contribution in [3.05, 3.63) is 109 Å². The topological polar surface area (TPSA) is 12.0 Å². The van der Waals surface area contributed by atoms with Gasteiger partial charge < -0.3 is 5.32 Å². The van der Waals surface area contributed by atoms with E-state index in [-0.39, 0.29) is 0 Å². The van der Waals surface area contributed by atoms with E-state index in [0.717, 1.165) is 11.4 Å². The highest BCUT2D eigenvalue weighted by Gasteiger charge is 2.08. The van der Waals surface area contributed by atoms with Crippen molar-refractivity contribution in [2.45, 2.75) is 6.92 Å². The average Bonchev–Trinajstić information content (AvgIpc) is 2.73. The molecule has 0 saturated heterocycles. The Kier molecular flexibility index (Phi) is 4.06. The van der Waals surface area contributed by atoms with Crippen LogP contribution in [0.3, 0.4) is 0 Å². The molecule has 0 spiro atoms. The van der Waals surface area contributed by atoms with E-state index in [0.29, 0.717) is 0 Å². The van der Waals surface area contributed by atoms with Crippen LogP contribution in [0.2, 0.25) is 0 Å². The highest BCUT2D eigenvalue weighted by molar-refractivity contribution is 6.04. The Balaban J connectivity index is 1.64. The van der Waals surface area contributed by atoms with Crippen LogP contribution in [0.25, 0.3) is 32.7 Å². The molecular formula is C27H21N. The molecule has 134 valence electrons. The molecule has 5 aromatic carbocycles. The molecule has 5 aromatic rings. The molecule has 1 heteroatoms. The third-order valence-corrected chi connectivity index (χ3v) is 5.27. The second-order valence-electron chi connectivity index (χ2n) is 7.27. The van der Waals surface area contributed by atoms with Crippen molar-refractivity contribution < 1.29 is 0 Å². The quantitative estimate of drug-likeness (QED) is 0.325. The Labute approximate surface area is 165 Å². The summed E-state index contributed by atoms with van der Waals surface area (Å²) in [6.45, 7) is 2.13. The fraction of sp³-hybridized carbons (Fsp3) is 0.0370. The van der Waals surface area contributed by atoms with Crippen molar-refractivity contribution in [3.63, 3.8) is 0 Å². The molecule has 0 fully saturated rings. The van der Waals surface area contributed by atoms with Crippen LogP contribution in [0.1, 0.15) is 5.56 Å². The summed E-state index contributed by atoms with van der Waals surface area (Å²) in [6.07, 6.45) is 0. The Bertz CT molecular complexity index is 1300. The van der Waals surface area contributed by atoms with Gasteiger partial charge in [-0.25, -0.2) is 0 Å². The molecule has 28 heavy (non-hydrogen) atoms. The van der Waals surface area contributed by atoms with Gasteiger partial charge in [0.1, 0.15) is 0 Å². The van der Waals surface area contributed by atoms with E-state index in [1.54, 1.807) is 0 Å². The number of benzene rings is 5. The summed E-state index contributed by atoms with van der Waals surface area (Å²) < 4.78 is 0. The minimum Gasteiger partial charge on any atom is -0.355 e. The molecule has 0 aromatic heterocycles. The van der Waals surface area contributed by atoms with E-state index in [4.69, 9.17) is 0 Å². The molecule has 0 aliphatic heterocycles. The second-order valence-corrected chi connectivity index (χ2v) is 7.27. The summed E-state index contributed by atoms with van der Waals surface area (Å²) in [5.74, 6) is 0. The first-order valence-corrected chi connectivity index (χ1v) is 9.62. The van der Waals surface area contributed by atoms with Crippen molar-refractivity contribution in [1.82, 2.24) is 0 Å². The van der Waals surface area contributed by atoms with Crippen molar-refractivity contribution in [1.29, 1.82) is 0 Å². The number of nitrogens with one attached hydrogen (secondary N) is 1. The van der Waals surface area contributed by atoms with E-state index in [1.165, 1.54) is 38.2 Å². The summed E-state index contributed by atoms with van der Waals surface area (Å²) >= 11 is 0. The van der Waals surface area contributed by atoms with Gasteiger partial charge in [0.15, 0.2) is 0 Å². The maximum Gasteiger partial charge on any atom is 0.0464 e. The smallest absolute Gasteiger partial charge is 0.0464 e. The number of hydrogen-bond acceptors (Lipinski definition) is 1. The summed E-state index contributed by atoms with van der Waals surface area (Å²) in [7, 11) is 0. The molecule has 0 radical (unpaired) electrons. The lowest BCUT2D eigenvalue weighted by atomic mass is 10.00. The summed E-state index contributed by atoms with van der Waals surface area (Å²) in [5.41, 5.74) is 5.96. The van der Waals surface area contributed by atoms with Crippen molar-refractivity contribution in [2.75, 3.05) is 5.32 Å². The van der Waals surface area contributed by atoms with Gasteiger partial charge in [0.2, 0.25) is 0 Å². The van der Waals surface area contributed by atoms with E-state index in [2.05, 4.69) is 115 Å². The van der Waals surface area contributed by atoms with Crippen LogP contribution < -0.4 is 5.32 Å². The first-order chi connectivity index (χ1) is 13.8. The zero-order chi connectivity index (χ0) is 18.9. The summed E-state index contributed by atoms with van der Waals surface area (Å²) in [5, 5.41) is 8.71. The minimum atomic E-state index is 1.12. The van der Waals surface area contributed by atoms with E-state index in [1.807, 2.05) is 0 Å². The standard InChI is InChI=1S/C27H21N/c1-19-8-6-11-22(16-19)24-13-4-5-14-26(24)28-27-15-7-12-23-17-20-9-2-3-10-21(20)18-25(23)27/h2-18,28H,1H3. The van der Waals surface area contributed by atoms with Gasteiger partial charge in [-0.15, -0.1) is 0 Å². The maximum atomic E-state index is 3.70. The number of para-hydroxylation sites is 1. The van der Waals surface area contributed by atoms with Gasteiger partial charge in [-0.3, -0.25) is 0 Å². The molecule has 0 saturated carbocycles. The molecule has 0 heterocycles. The van der Waals surface area contributed by atoms with Gasteiger partial charge in [0.25, 0.3) is 0 Å². The van der Waals surface area contributed by atoms with Crippen LogP contribution in [0, 0.1) is 6.92 Å². The maximum absolute atomic E-state index is 3.70. The van der Waals surface area contributed by atoms with Crippen LogP contribution in [-0.4, -0.2) is 0 Å². The van der Waals surface area contributed by atoms with E-state index >= 15 is 0 Å². The molecule has 0 bridgehead atoms. The molecular weight excluding hydrogens is 338 g/mol. The third kappa shape index (κ3) is 3.01. The Morgan fingerprint density at radius 3 is 2.07 bits per heavy atom. The summed E-state index contributed by atoms with van der Waals surface area (Å²) in [6, 6.07) is 36.7. The van der Waals surface area contributed by atoms with Crippen molar-refractivity contribution >= 4 is 32.9 Å². The zero-order valence-electron chi connectivity index (χ0n) is 15.8. The van der Waals surface area contributed by atoms with Crippen LogP contribution in [0.5, 0.6) is 0 Å². The molecule has 1 nitrogen and oxygen atoms in total. The highest BCUT2D eigenvalue weighted by atomic mass is 14.9. The molecule has 0 unspecified atom stereocenters. The lowest BCUT2D eigenvalue weighted by Crippen LogP contribution is -1.94. The fourth-order valence-electron chi connectivity index (χ4n) is 3.88. The first-order valence-electron chi connectivity index (χ1n) is 9.62. The van der Waals surface area contributed by atoms with Gasteiger partial charge >= 0.3 is 0 Å². The lowest BCUT2D eigenvalue weighted by molar-refractivity contribution is 1.46. The predicted octanol–water partition coefficient (Wildman–Crippen LogP) is 7.71. The van der Waals surface area contributed by atoms with Gasteiger partial charge in [-0.1, -0.05) is 84.4 Å². The largest absolute Gasteiger partial charge is 0.355 e. The molecule has 1 N–H and O–H groups in total. The van der Waals surface area contributed by atoms with Crippen LogP contribution in [0.15, 0.2) is 103 Å². The van der Waals surface area contributed by atoms with Crippen LogP contribution in [-0.2, 0) is 0 Å². The van der Waals surface area contributed by atoms with Crippen molar-refractivity contribution in [2.24, 2.45) is 0 Å². The molecule has 0 aliphatic rings. The number of aryl methyl sites for hydroxylation is 1. The fourth-order valence-corrected chi connectivity index (χ4v) is 3.88. The predicted molar refractivity (Wildman–Crippen MR) is 121 cm³/mol. The van der Waals surface area contributed by atoms with Gasteiger partial charge in [-0.2, -0.15) is 0 Å². The highest BCUT2D eigenvalue weighted by Crippen LogP contribution is 2.34. The minimum absolute atomic E-state index is 1.12. The zero-order valence-corrected chi connectivity index (χ0v) is 15.8. The normalized spacial score (nSPS) is 11.0. The Hall–Kier alpha value is -3.58. The number of anilines is 2. The summed E-state index contributed by atoms with van der Waals surface area (Å²) in [4.78, 5) is 0. The van der Waals surface area contributed by atoms with Crippen LogP contribution >= 0.6 is 0 Å².